The molecule has 87 heavy (non-hydrogen) atoms. The number of nitrogens with zero attached hydrogens (tertiary/aromatic N) is 6. The van der Waals surface area contributed by atoms with Crippen LogP contribution in [-0.4, -0.2) is 28.7 Å². The van der Waals surface area contributed by atoms with E-state index in [9.17, 15) is 0 Å². The summed E-state index contributed by atoms with van der Waals surface area (Å²) in [5, 5.41) is 6.07. The van der Waals surface area contributed by atoms with Gasteiger partial charge in [-0.15, -0.1) is 0 Å². The van der Waals surface area contributed by atoms with Crippen molar-refractivity contribution in [2.45, 2.75) is 0 Å². The summed E-state index contributed by atoms with van der Waals surface area (Å²) in [7, 11) is 0. The summed E-state index contributed by atoms with van der Waals surface area (Å²) >= 11 is 0. The normalized spacial score (nSPS) is 12.5. The average Bonchev–Trinajstić information content (AvgIpc) is 1.58. The zero-order chi connectivity index (χ0) is 61.7. The molecule has 0 fully saturated rings. The van der Waals surface area contributed by atoms with E-state index in [1.165, 1.54) is 0 Å². The molecule has 0 spiro atoms. The van der Waals surface area contributed by atoms with Gasteiger partial charge < -0.3 is 9.13 Å². The topological polar surface area (TPSA) is 53.5 Å². The van der Waals surface area contributed by atoms with E-state index in [1.54, 1.807) is 0 Å². The molecule has 0 aliphatic carbocycles. The molecule has 0 aliphatic heterocycles. The summed E-state index contributed by atoms with van der Waals surface area (Å²) in [6, 6.07) is 97.7. The van der Waals surface area contributed by atoms with Crippen LogP contribution in [-0.2, 0) is 0 Å². The van der Waals surface area contributed by atoms with Gasteiger partial charge in [0.1, 0.15) is 0 Å². The third-order valence-electron chi connectivity index (χ3n) is 17.0. The Morgan fingerprint density at radius 1 is 0.230 bits per heavy atom. The summed E-state index contributed by atoms with van der Waals surface area (Å²) in [5.41, 5.74) is 18.5. The third-order valence-corrected chi connectivity index (χ3v) is 17.0. The molecule has 0 amide bonds. The van der Waals surface area contributed by atoms with E-state index in [2.05, 4.69) is 220 Å². The fourth-order valence-corrected chi connectivity index (χ4v) is 13.0. The van der Waals surface area contributed by atoms with Gasteiger partial charge in [0.05, 0.1) is 51.3 Å². The van der Waals surface area contributed by atoms with E-state index in [0.29, 0.717) is 23.2 Å². The molecule has 17 aromatic rings. The molecule has 0 atom stereocenters. The van der Waals surface area contributed by atoms with Gasteiger partial charge in [-0.2, -0.15) is 9.97 Å². The highest BCUT2D eigenvalue weighted by Gasteiger charge is 2.25. The van der Waals surface area contributed by atoms with Gasteiger partial charge in [-0.05, 0) is 147 Å². The highest BCUT2D eigenvalue weighted by molar-refractivity contribution is 6.14. The SMILES string of the molecule is [2H]c1c([2H])c([2H])c(-c2ccc3c(c2)c2ccccc2n3-c2nc(-c3ccccc3-n3c4ccc(-c5ccccc5)cc4c4cc(-c5ccccc5)ccc43)nc(-c3ccccc3-n3c4ccc(-c5ccccc5)cc4c4cc(-c5ccccc5)ccc43)n2)c([2H])c1[2H]. The van der Waals surface area contributed by atoms with Crippen molar-refractivity contribution in [1.82, 2.24) is 28.7 Å². The van der Waals surface area contributed by atoms with Gasteiger partial charge in [-0.25, -0.2) is 4.98 Å². The Balaban J connectivity index is 0.929. The predicted molar refractivity (Wildman–Crippen MR) is 361 cm³/mol. The Morgan fingerprint density at radius 2 is 0.540 bits per heavy atom. The summed E-state index contributed by atoms with van der Waals surface area (Å²) < 4.78 is 50.2. The highest BCUT2D eigenvalue weighted by Crippen LogP contribution is 2.43. The standard InChI is InChI=1S/C81H52N6/c1-6-22-53(23-7-1)58-42-47-78-66(48-58)63-32-16-19-35-71(63)87(78)81-83-79(64-33-17-20-36-72(64)85-74-43-38-59(54-24-8-2-9-25-54)49-67(74)68-50-60(39-44-75(68)85)55-26-10-3-11-27-55)82-80(84-81)65-34-18-21-37-73(65)86-76-45-40-61(56-28-12-4-13-29-56)51-69(76)70-52-62(41-46-77(70)86)57-30-14-5-15-31-57/h1-52H/i1D,6D,7D,22D,23D. The lowest BCUT2D eigenvalue weighted by Gasteiger charge is -2.17. The summed E-state index contributed by atoms with van der Waals surface area (Å²) in [6.45, 7) is 0. The van der Waals surface area contributed by atoms with Crippen molar-refractivity contribution in [2.24, 2.45) is 0 Å². The maximum absolute atomic E-state index is 8.98. The second-order valence-electron chi connectivity index (χ2n) is 22.0. The van der Waals surface area contributed by atoms with Crippen molar-refractivity contribution >= 4 is 65.4 Å². The molecule has 13 aromatic carbocycles. The van der Waals surface area contributed by atoms with Crippen LogP contribution in [0.4, 0.5) is 0 Å². The Hall–Kier alpha value is -11.7. The number of fused-ring (bicyclic) bond motifs is 9. The van der Waals surface area contributed by atoms with Crippen LogP contribution in [0.5, 0.6) is 0 Å². The maximum Gasteiger partial charge on any atom is 0.238 e. The molecular formula is C81H52N6. The Kier molecular flexibility index (Phi) is 10.6. The van der Waals surface area contributed by atoms with Crippen LogP contribution < -0.4 is 0 Å². The fraction of sp³-hybridized carbons (Fsp3) is 0. The first-order chi connectivity index (χ1) is 45.2. The van der Waals surface area contributed by atoms with Gasteiger partial charge in [0.2, 0.25) is 5.95 Å². The van der Waals surface area contributed by atoms with Gasteiger partial charge in [0, 0.05) is 43.4 Å². The van der Waals surface area contributed by atoms with Gasteiger partial charge >= 0.3 is 0 Å². The van der Waals surface area contributed by atoms with E-state index < -0.39 is 6.04 Å². The first-order valence-corrected chi connectivity index (χ1v) is 29.2. The lowest BCUT2D eigenvalue weighted by Crippen LogP contribution is -2.09. The van der Waals surface area contributed by atoms with Crippen LogP contribution >= 0.6 is 0 Å². The van der Waals surface area contributed by atoms with E-state index in [-0.39, 0.29) is 29.7 Å². The molecule has 4 heterocycles. The van der Waals surface area contributed by atoms with Gasteiger partial charge in [-0.3, -0.25) is 4.57 Å². The van der Waals surface area contributed by atoms with Crippen molar-refractivity contribution < 1.29 is 6.85 Å². The zero-order valence-corrected chi connectivity index (χ0v) is 46.8. The molecule has 17 rings (SSSR count). The van der Waals surface area contributed by atoms with Crippen LogP contribution in [0, 0.1) is 0 Å². The number of hydrogen-bond acceptors (Lipinski definition) is 3. The molecule has 0 saturated carbocycles. The van der Waals surface area contributed by atoms with Crippen molar-refractivity contribution in [3.05, 3.63) is 315 Å². The first-order valence-electron chi connectivity index (χ1n) is 31.7. The summed E-state index contributed by atoms with van der Waals surface area (Å²) in [4.78, 5) is 16.9. The molecule has 0 bridgehead atoms. The van der Waals surface area contributed by atoms with Gasteiger partial charge in [0.25, 0.3) is 0 Å². The molecular weight excluding hydrogens is 1060 g/mol. The molecule has 406 valence electrons. The van der Waals surface area contributed by atoms with Crippen LogP contribution in [0.2, 0.25) is 0 Å². The fourth-order valence-electron chi connectivity index (χ4n) is 13.0. The number of benzene rings is 13. The molecule has 4 aromatic heterocycles. The maximum atomic E-state index is 8.98. The molecule has 6 heteroatoms. The quantitative estimate of drug-likeness (QED) is 0.137. The number of aromatic nitrogens is 6. The second kappa shape index (κ2) is 20.6. The van der Waals surface area contributed by atoms with Crippen LogP contribution in [0.1, 0.15) is 6.85 Å². The minimum absolute atomic E-state index is 0.128. The molecule has 0 aliphatic rings. The minimum Gasteiger partial charge on any atom is -0.309 e. The van der Waals surface area contributed by atoms with Crippen molar-refractivity contribution in [3.8, 4) is 95.7 Å². The van der Waals surface area contributed by atoms with E-state index >= 15 is 0 Å². The summed E-state index contributed by atoms with van der Waals surface area (Å²) in [5.74, 6) is 1.24. The molecule has 0 saturated heterocycles. The lowest BCUT2D eigenvalue weighted by atomic mass is 10.0. The third kappa shape index (κ3) is 8.45. The average molecular weight is 1110 g/mol. The van der Waals surface area contributed by atoms with Crippen LogP contribution in [0.25, 0.3) is 161 Å². The first kappa shape index (κ1) is 44.8. The van der Waals surface area contributed by atoms with Gasteiger partial charge in [0.15, 0.2) is 11.6 Å². The van der Waals surface area contributed by atoms with E-state index in [1.807, 2.05) is 78.9 Å². The highest BCUT2D eigenvalue weighted by atomic mass is 15.2. The lowest BCUT2D eigenvalue weighted by molar-refractivity contribution is 0.950. The molecule has 6 nitrogen and oxygen atoms in total. The molecule has 0 radical (unpaired) electrons. The van der Waals surface area contributed by atoms with Crippen molar-refractivity contribution in [1.29, 1.82) is 0 Å². The number of hydrogen-bond donors (Lipinski definition) is 0. The predicted octanol–water partition coefficient (Wildman–Crippen LogP) is 20.8. The smallest absolute Gasteiger partial charge is 0.238 e. The summed E-state index contributed by atoms with van der Waals surface area (Å²) in [6.07, 6.45) is 0. The zero-order valence-electron chi connectivity index (χ0n) is 51.8. The Labute approximate surface area is 509 Å². The van der Waals surface area contributed by atoms with E-state index in [4.69, 9.17) is 21.8 Å². The second-order valence-corrected chi connectivity index (χ2v) is 22.0. The monoisotopic (exact) mass is 1110 g/mol. The number of para-hydroxylation sites is 3. The van der Waals surface area contributed by atoms with Gasteiger partial charge in [-0.1, -0.05) is 224 Å². The minimum atomic E-state index is -0.439. The largest absolute Gasteiger partial charge is 0.309 e. The molecule has 0 unspecified atom stereocenters. The number of rotatable bonds is 10. The van der Waals surface area contributed by atoms with Crippen LogP contribution in [0.3, 0.4) is 0 Å². The van der Waals surface area contributed by atoms with Crippen molar-refractivity contribution in [3.63, 3.8) is 0 Å². The van der Waals surface area contributed by atoms with Crippen LogP contribution in [0.15, 0.2) is 315 Å². The Bertz CT molecular complexity index is 5340. The molecule has 0 N–H and O–H groups in total. The van der Waals surface area contributed by atoms with E-state index in [0.717, 1.165) is 132 Å². The van der Waals surface area contributed by atoms with Crippen molar-refractivity contribution in [2.75, 3.05) is 0 Å². The Morgan fingerprint density at radius 3 is 0.943 bits per heavy atom.